The van der Waals surface area contributed by atoms with E-state index >= 15 is 0 Å². The number of ether oxygens (including phenoxy) is 2. The van der Waals surface area contributed by atoms with Crippen LogP contribution in [0.3, 0.4) is 0 Å². The van der Waals surface area contributed by atoms with Gasteiger partial charge in [-0.05, 0) is 24.6 Å². The molecule has 1 saturated heterocycles. The van der Waals surface area contributed by atoms with E-state index in [1.54, 1.807) is 24.0 Å². The fourth-order valence-corrected chi connectivity index (χ4v) is 4.02. The van der Waals surface area contributed by atoms with Gasteiger partial charge in [0, 0.05) is 24.7 Å². The molecule has 2 amide bonds. The Morgan fingerprint density at radius 2 is 1.94 bits per heavy atom. The SMILES string of the molecule is Cc1nc(C(NC(=O)C2CC(=O)N(c3ccc4c(c3)OCCO4)C2)c2ccccc2)n[nH]1. The first-order chi connectivity index (χ1) is 15.6. The lowest BCUT2D eigenvalue weighted by Gasteiger charge is -2.22. The van der Waals surface area contributed by atoms with Gasteiger partial charge in [-0.15, -0.1) is 0 Å². The number of carbonyl (C=O) groups excluding carboxylic acids is 2. The normalized spacial score (nSPS) is 18.5. The Bertz CT molecular complexity index is 1150. The summed E-state index contributed by atoms with van der Waals surface area (Å²) in [5, 5.41) is 10.1. The van der Waals surface area contributed by atoms with Crippen LogP contribution >= 0.6 is 0 Å². The molecule has 5 rings (SSSR count). The number of benzene rings is 2. The summed E-state index contributed by atoms with van der Waals surface area (Å²) < 4.78 is 11.2. The van der Waals surface area contributed by atoms with Gasteiger partial charge >= 0.3 is 0 Å². The monoisotopic (exact) mass is 433 g/mol. The molecule has 2 aromatic carbocycles. The van der Waals surface area contributed by atoms with Gasteiger partial charge in [0.25, 0.3) is 0 Å². The Labute approximate surface area is 184 Å². The third-order valence-electron chi connectivity index (χ3n) is 5.63. The van der Waals surface area contributed by atoms with E-state index in [1.807, 2.05) is 36.4 Å². The zero-order valence-electron chi connectivity index (χ0n) is 17.6. The van der Waals surface area contributed by atoms with Crippen molar-refractivity contribution in [2.45, 2.75) is 19.4 Å². The molecule has 9 nitrogen and oxygen atoms in total. The summed E-state index contributed by atoms with van der Waals surface area (Å²) in [7, 11) is 0. The Morgan fingerprint density at radius 1 is 1.16 bits per heavy atom. The van der Waals surface area contributed by atoms with E-state index in [-0.39, 0.29) is 18.2 Å². The van der Waals surface area contributed by atoms with Gasteiger partial charge in [-0.25, -0.2) is 4.98 Å². The number of H-pyrrole nitrogens is 1. The molecule has 2 aliphatic heterocycles. The number of aryl methyl sites for hydroxylation is 1. The number of rotatable bonds is 5. The second-order valence-electron chi connectivity index (χ2n) is 7.86. The molecule has 1 fully saturated rings. The molecule has 2 N–H and O–H groups in total. The van der Waals surface area contributed by atoms with Crippen LogP contribution in [-0.4, -0.2) is 46.8 Å². The van der Waals surface area contributed by atoms with E-state index in [9.17, 15) is 9.59 Å². The van der Waals surface area contributed by atoms with Crippen LogP contribution < -0.4 is 19.7 Å². The van der Waals surface area contributed by atoms with E-state index in [1.165, 1.54) is 0 Å². The molecular formula is C23H23N5O4. The first-order valence-electron chi connectivity index (χ1n) is 10.5. The molecule has 0 aliphatic carbocycles. The van der Waals surface area contributed by atoms with Gasteiger partial charge in [-0.3, -0.25) is 14.7 Å². The maximum atomic E-state index is 13.2. The van der Waals surface area contributed by atoms with Gasteiger partial charge in [0.15, 0.2) is 17.3 Å². The maximum absolute atomic E-state index is 13.2. The number of fused-ring (bicyclic) bond motifs is 1. The van der Waals surface area contributed by atoms with Crippen LogP contribution in [0.25, 0.3) is 0 Å². The first-order valence-corrected chi connectivity index (χ1v) is 10.5. The number of aromatic nitrogens is 3. The number of carbonyl (C=O) groups is 2. The second-order valence-corrected chi connectivity index (χ2v) is 7.86. The lowest BCUT2D eigenvalue weighted by Crippen LogP contribution is -2.36. The Morgan fingerprint density at radius 3 is 2.69 bits per heavy atom. The zero-order chi connectivity index (χ0) is 22.1. The number of amides is 2. The molecule has 0 radical (unpaired) electrons. The molecule has 164 valence electrons. The van der Waals surface area contributed by atoms with Crippen molar-refractivity contribution >= 4 is 17.5 Å². The van der Waals surface area contributed by atoms with E-state index in [2.05, 4.69) is 20.5 Å². The van der Waals surface area contributed by atoms with Gasteiger partial charge < -0.3 is 19.7 Å². The predicted molar refractivity (Wildman–Crippen MR) is 115 cm³/mol. The lowest BCUT2D eigenvalue weighted by molar-refractivity contribution is -0.126. The minimum atomic E-state index is -0.507. The average Bonchev–Trinajstić information content (AvgIpc) is 3.43. The minimum Gasteiger partial charge on any atom is -0.486 e. The third kappa shape index (κ3) is 3.89. The lowest BCUT2D eigenvalue weighted by atomic mass is 10.0. The Hall–Kier alpha value is -3.88. The smallest absolute Gasteiger partial charge is 0.227 e. The minimum absolute atomic E-state index is 0.105. The van der Waals surface area contributed by atoms with E-state index in [4.69, 9.17) is 9.47 Å². The highest BCUT2D eigenvalue weighted by Gasteiger charge is 2.37. The summed E-state index contributed by atoms with van der Waals surface area (Å²) in [5.41, 5.74) is 1.56. The van der Waals surface area contributed by atoms with Crippen molar-refractivity contribution in [3.05, 3.63) is 65.7 Å². The predicted octanol–water partition coefficient (Wildman–Crippen LogP) is 2.14. The summed E-state index contributed by atoms with van der Waals surface area (Å²) in [6.07, 6.45) is 0.134. The molecule has 3 heterocycles. The number of nitrogens with zero attached hydrogens (tertiary/aromatic N) is 3. The van der Waals surface area contributed by atoms with Gasteiger partial charge in [0.1, 0.15) is 25.1 Å². The highest BCUT2D eigenvalue weighted by Crippen LogP contribution is 2.36. The summed E-state index contributed by atoms with van der Waals surface area (Å²) in [4.78, 5) is 31.9. The molecule has 2 atom stereocenters. The summed E-state index contributed by atoms with van der Waals surface area (Å²) >= 11 is 0. The number of nitrogens with one attached hydrogen (secondary N) is 2. The van der Waals surface area contributed by atoms with Crippen LogP contribution in [0.2, 0.25) is 0 Å². The maximum Gasteiger partial charge on any atom is 0.227 e. The van der Waals surface area contributed by atoms with Crippen molar-refractivity contribution in [1.82, 2.24) is 20.5 Å². The van der Waals surface area contributed by atoms with Gasteiger partial charge in [-0.1, -0.05) is 30.3 Å². The molecule has 3 aromatic rings. The largest absolute Gasteiger partial charge is 0.486 e. The van der Waals surface area contributed by atoms with Crippen LogP contribution in [0, 0.1) is 12.8 Å². The van der Waals surface area contributed by atoms with Crippen LogP contribution in [-0.2, 0) is 9.59 Å². The molecule has 0 bridgehead atoms. The molecule has 9 heteroatoms. The van der Waals surface area contributed by atoms with Crippen molar-refractivity contribution in [1.29, 1.82) is 0 Å². The van der Waals surface area contributed by atoms with Crippen molar-refractivity contribution in [2.75, 3.05) is 24.7 Å². The molecular weight excluding hydrogens is 410 g/mol. The van der Waals surface area contributed by atoms with Crippen molar-refractivity contribution < 1.29 is 19.1 Å². The number of hydrogen-bond acceptors (Lipinski definition) is 6. The van der Waals surface area contributed by atoms with Crippen LogP contribution in [0.1, 0.15) is 29.7 Å². The van der Waals surface area contributed by atoms with Crippen molar-refractivity contribution in [3.63, 3.8) is 0 Å². The Kier molecular flexibility index (Phi) is 5.22. The number of hydrogen-bond donors (Lipinski definition) is 2. The molecule has 0 spiro atoms. The quantitative estimate of drug-likeness (QED) is 0.638. The molecule has 32 heavy (non-hydrogen) atoms. The Balaban J connectivity index is 1.33. The van der Waals surface area contributed by atoms with Gasteiger partial charge in [0.05, 0.1) is 5.92 Å². The molecule has 2 aliphatic rings. The topological polar surface area (TPSA) is 109 Å². The van der Waals surface area contributed by atoms with Crippen LogP contribution in [0.5, 0.6) is 11.5 Å². The van der Waals surface area contributed by atoms with E-state index in [0.29, 0.717) is 48.6 Å². The van der Waals surface area contributed by atoms with Gasteiger partial charge in [-0.2, -0.15) is 5.10 Å². The summed E-state index contributed by atoms with van der Waals surface area (Å²) in [6, 6.07) is 14.4. The summed E-state index contributed by atoms with van der Waals surface area (Å²) in [5.74, 6) is 1.61. The number of aromatic amines is 1. The van der Waals surface area contributed by atoms with Gasteiger partial charge in [0.2, 0.25) is 11.8 Å². The van der Waals surface area contributed by atoms with E-state index < -0.39 is 12.0 Å². The summed E-state index contributed by atoms with van der Waals surface area (Å²) in [6.45, 7) is 3.07. The standard InChI is InChI=1S/C23H23N5O4/c1-14-24-22(27-26-14)21(15-5-3-2-4-6-15)25-23(30)16-11-20(29)28(13-16)17-7-8-18-19(12-17)32-10-9-31-18/h2-8,12,16,21H,9-11,13H2,1H3,(H,25,30)(H,24,26,27). The molecule has 0 saturated carbocycles. The molecule has 2 unspecified atom stereocenters. The highest BCUT2D eigenvalue weighted by atomic mass is 16.6. The number of anilines is 1. The zero-order valence-corrected chi connectivity index (χ0v) is 17.6. The third-order valence-corrected chi connectivity index (χ3v) is 5.63. The van der Waals surface area contributed by atoms with E-state index in [0.717, 1.165) is 5.56 Å². The second kappa shape index (κ2) is 8.33. The molecule has 1 aromatic heterocycles. The fraction of sp³-hybridized carbons (Fsp3) is 0.304. The van der Waals surface area contributed by atoms with Crippen LogP contribution in [0.4, 0.5) is 5.69 Å². The van der Waals surface area contributed by atoms with Crippen molar-refractivity contribution in [2.24, 2.45) is 5.92 Å². The van der Waals surface area contributed by atoms with Crippen LogP contribution in [0.15, 0.2) is 48.5 Å². The van der Waals surface area contributed by atoms with Crippen molar-refractivity contribution in [3.8, 4) is 11.5 Å². The average molecular weight is 433 g/mol. The fourth-order valence-electron chi connectivity index (χ4n) is 4.02. The first kappa shape index (κ1) is 20.0. The highest BCUT2D eigenvalue weighted by molar-refractivity contribution is 6.00.